The summed E-state index contributed by atoms with van der Waals surface area (Å²) in [6.45, 7) is 4.26. The fourth-order valence-corrected chi connectivity index (χ4v) is 3.57. The summed E-state index contributed by atoms with van der Waals surface area (Å²) in [5, 5.41) is 4.53. The SMILES string of the molecule is CCOC(=O)CNC(=O)c1csc2c1CCC(C)C2. The summed E-state index contributed by atoms with van der Waals surface area (Å²) in [4.78, 5) is 24.6. The van der Waals surface area contributed by atoms with Gasteiger partial charge in [0.25, 0.3) is 5.91 Å². The van der Waals surface area contributed by atoms with Gasteiger partial charge < -0.3 is 10.1 Å². The van der Waals surface area contributed by atoms with Crippen molar-refractivity contribution in [2.45, 2.75) is 33.1 Å². The average Bonchev–Trinajstić information content (AvgIpc) is 2.79. The van der Waals surface area contributed by atoms with E-state index in [9.17, 15) is 9.59 Å². The minimum absolute atomic E-state index is 0.0618. The van der Waals surface area contributed by atoms with E-state index >= 15 is 0 Å². The molecule has 104 valence electrons. The Morgan fingerprint density at radius 3 is 3.05 bits per heavy atom. The van der Waals surface area contributed by atoms with Crippen LogP contribution < -0.4 is 5.32 Å². The molecule has 0 saturated carbocycles. The molecule has 0 aliphatic heterocycles. The predicted molar refractivity (Wildman–Crippen MR) is 74.5 cm³/mol. The van der Waals surface area contributed by atoms with Crippen LogP contribution in [0.15, 0.2) is 5.38 Å². The summed E-state index contributed by atoms with van der Waals surface area (Å²) in [5.74, 6) is 0.135. The molecule has 1 aromatic heterocycles. The van der Waals surface area contributed by atoms with E-state index < -0.39 is 5.97 Å². The predicted octanol–water partition coefficient (Wildman–Crippen LogP) is 2.17. The van der Waals surface area contributed by atoms with E-state index in [1.807, 2.05) is 5.38 Å². The number of ether oxygens (including phenoxy) is 1. The Bertz CT molecular complexity index is 481. The quantitative estimate of drug-likeness (QED) is 0.861. The number of esters is 1. The van der Waals surface area contributed by atoms with E-state index in [0.29, 0.717) is 12.5 Å². The maximum absolute atomic E-state index is 12.1. The summed E-state index contributed by atoms with van der Waals surface area (Å²) in [5.41, 5.74) is 1.90. The first-order valence-electron chi connectivity index (χ1n) is 6.64. The van der Waals surface area contributed by atoms with Gasteiger partial charge in [0, 0.05) is 10.3 Å². The first kappa shape index (κ1) is 14.1. The third kappa shape index (κ3) is 3.35. The Morgan fingerprint density at radius 2 is 2.32 bits per heavy atom. The number of hydrogen-bond donors (Lipinski definition) is 1. The Morgan fingerprint density at radius 1 is 1.53 bits per heavy atom. The van der Waals surface area contributed by atoms with Gasteiger partial charge in [0.2, 0.25) is 0 Å². The van der Waals surface area contributed by atoms with E-state index in [1.54, 1.807) is 18.3 Å². The zero-order valence-corrected chi connectivity index (χ0v) is 12.1. The fraction of sp³-hybridized carbons (Fsp3) is 0.571. The molecule has 2 rings (SSSR count). The first-order chi connectivity index (χ1) is 9.11. The molecule has 1 aromatic rings. The molecule has 0 fully saturated rings. The molecule has 1 amide bonds. The number of carbonyl (C=O) groups is 2. The van der Waals surface area contributed by atoms with Crippen LogP contribution in [0, 0.1) is 5.92 Å². The Hall–Kier alpha value is -1.36. The molecule has 1 aliphatic rings. The lowest BCUT2D eigenvalue weighted by molar-refractivity contribution is -0.141. The molecule has 0 bridgehead atoms. The second-order valence-electron chi connectivity index (χ2n) is 4.89. The number of carbonyl (C=O) groups excluding carboxylic acids is 2. The Balaban J connectivity index is 1.99. The van der Waals surface area contributed by atoms with Crippen molar-refractivity contribution in [1.29, 1.82) is 0 Å². The minimum Gasteiger partial charge on any atom is -0.465 e. The summed E-state index contributed by atoms with van der Waals surface area (Å²) >= 11 is 1.65. The van der Waals surface area contributed by atoms with Crippen LogP contribution in [0.2, 0.25) is 0 Å². The molecule has 0 aromatic carbocycles. The number of amides is 1. The normalized spacial score (nSPS) is 17.7. The van der Waals surface area contributed by atoms with Crippen molar-refractivity contribution in [3.63, 3.8) is 0 Å². The monoisotopic (exact) mass is 281 g/mol. The first-order valence-corrected chi connectivity index (χ1v) is 7.52. The van der Waals surface area contributed by atoms with Gasteiger partial charge in [-0.25, -0.2) is 0 Å². The van der Waals surface area contributed by atoms with Crippen molar-refractivity contribution in [2.75, 3.05) is 13.2 Å². The third-order valence-electron chi connectivity index (χ3n) is 3.34. The lowest BCUT2D eigenvalue weighted by Crippen LogP contribution is -2.31. The lowest BCUT2D eigenvalue weighted by Gasteiger charge is -2.18. The highest BCUT2D eigenvalue weighted by molar-refractivity contribution is 7.10. The van der Waals surface area contributed by atoms with Crippen molar-refractivity contribution in [2.24, 2.45) is 5.92 Å². The van der Waals surface area contributed by atoms with Crippen LogP contribution in [-0.2, 0) is 22.4 Å². The molecule has 1 atom stereocenters. The van der Waals surface area contributed by atoms with Gasteiger partial charge in [-0.15, -0.1) is 11.3 Å². The molecule has 1 aliphatic carbocycles. The molecular formula is C14H19NO3S. The summed E-state index contributed by atoms with van der Waals surface area (Å²) < 4.78 is 4.79. The van der Waals surface area contributed by atoms with E-state index in [-0.39, 0.29) is 12.5 Å². The molecule has 1 N–H and O–H groups in total. The largest absolute Gasteiger partial charge is 0.465 e. The number of thiophene rings is 1. The number of hydrogen-bond acceptors (Lipinski definition) is 4. The highest BCUT2D eigenvalue weighted by Crippen LogP contribution is 2.32. The lowest BCUT2D eigenvalue weighted by atomic mass is 9.88. The van der Waals surface area contributed by atoms with Gasteiger partial charge in [-0.1, -0.05) is 6.92 Å². The molecular weight excluding hydrogens is 262 g/mol. The summed E-state index contributed by atoms with van der Waals surface area (Å²) in [6, 6.07) is 0. The van der Waals surface area contributed by atoms with Crippen LogP contribution in [0.25, 0.3) is 0 Å². The molecule has 0 radical (unpaired) electrons. The third-order valence-corrected chi connectivity index (χ3v) is 4.40. The smallest absolute Gasteiger partial charge is 0.325 e. The Labute approximate surface area is 117 Å². The van der Waals surface area contributed by atoms with Crippen LogP contribution >= 0.6 is 11.3 Å². The van der Waals surface area contributed by atoms with Gasteiger partial charge in [0.15, 0.2) is 0 Å². The van der Waals surface area contributed by atoms with Crippen LogP contribution in [0.1, 0.15) is 41.1 Å². The van der Waals surface area contributed by atoms with Crippen molar-refractivity contribution >= 4 is 23.2 Å². The highest BCUT2D eigenvalue weighted by Gasteiger charge is 2.23. The van der Waals surface area contributed by atoms with Crippen molar-refractivity contribution in [3.05, 3.63) is 21.4 Å². The maximum atomic E-state index is 12.1. The molecule has 1 heterocycles. The van der Waals surface area contributed by atoms with Crippen molar-refractivity contribution in [3.8, 4) is 0 Å². The second kappa shape index (κ2) is 6.19. The van der Waals surface area contributed by atoms with Gasteiger partial charge in [-0.3, -0.25) is 9.59 Å². The van der Waals surface area contributed by atoms with Crippen molar-refractivity contribution in [1.82, 2.24) is 5.32 Å². The van der Waals surface area contributed by atoms with Crippen LogP contribution in [0.5, 0.6) is 0 Å². The number of rotatable bonds is 4. The Kier molecular flexibility index (Phi) is 4.58. The zero-order chi connectivity index (χ0) is 13.8. The topological polar surface area (TPSA) is 55.4 Å². The number of fused-ring (bicyclic) bond motifs is 1. The van der Waals surface area contributed by atoms with E-state index in [2.05, 4.69) is 12.2 Å². The van der Waals surface area contributed by atoms with Gasteiger partial charge in [0.1, 0.15) is 6.54 Å². The van der Waals surface area contributed by atoms with E-state index in [1.165, 1.54) is 10.4 Å². The van der Waals surface area contributed by atoms with E-state index in [4.69, 9.17) is 4.74 Å². The fourth-order valence-electron chi connectivity index (χ4n) is 2.33. The molecule has 1 unspecified atom stereocenters. The standard InChI is InChI=1S/C14H19NO3S/c1-3-18-13(16)7-15-14(17)11-8-19-12-6-9(2)4-5-10(11)12/h8-9H,3-7H2,1-2H3,(H,15,17). The van der Waals surface area contributed by atoms with Crippen molar-refractivity contribution < 1.29 is 14.3 Å². The summed E-state index contributed by atoms with van der Waals surface area (Å²) in [7, 11) is 0. The molecule has 4 nitrogen and oxygen atoms in total. The highest BCUT2D eigenvalue weighted by atomic mass is 32.1. The zero-order valence-electron chi connectivity index (χ0n) is 11.3. The van der Waals surface area contributed by atoms with Gasteiger partial charge >= 0.3 is 5.97 Å². The molecule has 0 spiro atoms. The number of nitrogens with one attached hydrogen (secondary N) is 1. The van der Waals surface area contributed by atoms with Crippen LogP contribution in [-0.4, -0.2) is 25.0 Å². The van der Waals surface area contributed by atoms with Crippen LogP contribution in [0.3, 0.4) is 0 Å². The molecule has 0 saturated heterocycles. The maximum Gasteiger partial charge on any atom is 0.325 e. The van der Waals surface area contributed by atoms with Gasteiger partial charge in [-0.05, 0) is 37.7 Å². The van der Waals surface area contributed by atoms with Gasteiger partial charge in [0.05, 0.1) is 12.2 Å². The summed E-state index contributed by atoms with van der Waals surface area (Å²) in [6.07, 6.45) is 3.15. The van der Waals surface area contributed by atoms with E-state index in [0.717, 1.165) is 24.8 Å². The van der Waals surface area contributed by atoms with Gasteiger partial charge in [-0.2, -0.15) is 0 Å². The average molecular weight is 281 g/mol. The molecule has 19 heavy (non-hydrogen) atoms. The minimum atomic E-state index is -0.395. The second-order valence-corrected chi connectivity index (χ2v) is 5.85. The van der Waals surface area contributed by atoms with Crippen LogP contribution in [0.4, 0.5) is 0 Å². The molecule has 5 heteroatoms.